The number of hydrogen-bond donors (Lipinski definition) is 0. The average molecular weight is 137 g/mol. The second-order valence-corrected chi connectivity index (χ2v) is 0.492. The van der Waals surface area contributed by atoms with Crippen LogP contribution in [-0.4, -0.2) is 5.97 Å². The molecule has 6 heavy (non-hydrogen) atoms. The maximum atomic E-state index is 8.89. The van der Waals surface area contributed by atoms with E-state index in [1.54, 1.807) is 0 Å². The van der Waals surface area contributed by atoms with Gasteiger partial charge in [-0.05, 0) is 6.92 Å². The summed E-state index contributed by atoms with van der Waals surface area (Å²) in [5.41, 5.74) is 0. The van der Waals surface area contributed by atoms with Crippen LogP contribution in [0.1, 0.15) is 6.92 Å². The van der Waals surface area contributed by atoms with Crippen LogP contribution in [0.2, 0.25) is 0 Å². The summed E-state index contributed by atoms with van der Waals surface area (Å²) in [5, 5.41) is 8.89. The van der Waals surface area contributed by atoms with Crippen LogP contribution in [0.25, 0.3) is 0 Å². The van der Waals surface area contributed by atoms with E-state index in [1.165, 1.54) is 0 Å². The zero-order chi connectivity index (χ0) is 3.58. The Morgan fingerprint density at radius 1 is 1.67 bits per heavy atom. The molecule has 0 aromatic carbocycles. The summed E-state index contributed by atoms with van der Waals surface area (Å²) in [6, 6.07) is 0. The molecule has 0 saturated heterocycles. The molecular formula is C2H3MnNaO2. The first-order valence-corrected chi connectivity index (χ1v) is 0.908. The fraction of sp³-hybridized carbons (Fsp3) is 0.500. The number of carboxylic acids is 1. The number of carbonyl (C=O) groups excluding carboxylic acids is 1. The van der Waals surface area contributed by atoms with Crippen LogP contribution < -0.4 is 34.7 Å². The summed E-state index contributed by atoms with van der Waals surface area (Å²) in [7, 11) is 0. The predicted octanol–water partition coefficient (Wildman–Crippen LogP) is -4.24. The Hall–Kier alpha value is 0.989. The van der Waals surface area contributed by atoms with Gasteiger partial charge in [0.2, 0.25) is 0 Å². The van der Waals surface area contributed by atoms with Crippen molar-refractivity contribution in [3.05, 3.63) is 0 Å². The first-order valence-electron chi connectivity index (χ1n) is 0.908. The summed E-state index contributed by atoms with van der Waals surface area (Å²) >= 11 is 0. The molecular weight excluding hydrogens is 134 g/mol. The van der Waals surface area contributed by atoms with E-state index >= 15 is 0 Å². The second kappa shape index (κ2) is 9.37. The standard InChI is InChI=1S/C2H4O2.Mn.Na/c1-2(3)4;;/h1H3,(H,3,4);;/q;;+1/p-1. The summed E-state index contributed by atoms with van der Waals surface area (Å²) in [5.74, 6) is -1.08. The van der Waals surface area contributed by atoms with Crippen LogP contribution in [0, 0.1) is 0 Å². The Kier molecular flexibility index (Phi) is 24.6. The van der Waals surface area contributed by atoms with Gasteiger partial charge < -0.3 is 9.90 Å². The Bertz CT molecular complexity index is 34.5. The number of carbonyl (C=O) groups is 1. The van der Waals surface area contributed by atoms with Crippen molar-refractivity contribution in [2.75, 3.05) is 0 Å². The molecule has 0 aliphatic rings. The maximum Gasteiger partial charge on any atom is 1.00 e. The third-order valence-corrected chi connectivity index (χ3v) is 0. The maximum absolute atomic E-state index is 8.89. The summed E-state index contributed by atoms with van der Waals surface area (Å²) in [6.07, 6.45) is 0. The molecule has 0 unspecified atom stereocenters. The van der Waals surface area contributed by atoms with E-state index in [0.29, 0.717) is 0 Å². The van der Waals surface area contributed by atoms with Crippen LogP contribution in [-0.2, 0) is 21.9 Å². The largest absolute Gasteiger partial charge is 1.00 e. The summed E-state index contributed by atoms with van der Waals surface area (Å²) in [6.45, 7) is 0.972. The van der Waals surface area contributed by atoms with Crippen molar-refractivity contribution in [1.82, 2.24) is 0 Å². The molecule has 0 amide bonds. The van der Waals surface area contributed by atoms with E-state index in [0.717, 1.165) is 6.92 Å². The van der Waals surface area contributed by atoms with Gasteiger partial charge in [0.15, 0.2) is 0 Å². The number of carboxylic acid groups (broad SMARTS) is 1. The third-order valence-electron chi connectivity index (χ3n) is 0. The van der Waals surface area contributed by atoms with Gasteiger partial charge in [0.25, 0.3) is 0 Å². The zero-order valence-corrected chi connectivity index (χ0v) is 6.87. The minimum atomic E-state index is -1.08. The van der Waals surface area contributed by atoms with Gasteiger partial charge in [-0.3, -0.25) is 0 Å². The van der Waals surface area contributed by atoms with Gasteiger partial charge in [0.05, 0.1) is 0 Å². The van der Waals surface area contributed by atoms with E-state index < -0.39 is 5.97 Å². The van der Waals surface area contributed by atoms with E-state index in [1.807, 2.05) is 0 Å². The van der Waals surface area contributed by atoms with Crippen molar-refractivity contribution >= 4 is 5.97 Å². The smallest absolute Gasteiger partial charge is 0.550 e. The van der Waals surface area contributed by atoms with Gasteiger partial charge in [-0.1, -0.05) is 0 Å². The van der Waals surface area contributed by atoms with Crippen LogP contribution >= 0.6 is 0 Å². The Balaban J connectivity index is -0.0000000450. The van der Waals surface area contributed by atoms with Crippen molar-refractivity contribution in [2.24, 2.45) is 0 Å². The van der Waals surface area contributed by atoms with Gasteiger partial charge >= 0.3 is 29.6 Å². The second-order valence-electron chi connectivity index (χ2n) is 0.492. The first kappa shape index (κ1) is 15.8. The molecule has 0 aliphatic carbocycles. The molecule has 0 aromatic rings. The fourth-order valence-electron chi connectivity index (χ4n) is 0. The van der Waals surface area contributed by atoms with Gasteiger partial charge in [0, 0.05) is 23.0 Å². The Morgan fingerprint density at radius 3 is 1.67 bits per heavy atom. The van der Waals surface area contributed by atoms with Crippen LogP contribution in [0.15, 0.2) is 0 Å². The van der Waals surface area contributed by atoms with Gasteiger partial charge in [-0.15, -0.1) is 0 Å². The molecule has 0 rings (SSSR count). The van der Waals surface area contributed by atoms with Crippen molar-refractivity contribution in [1.29, 1.82) is 0 Å². The van der Waals surface area contributed by atoms with Crippen molar-refractivity contribution in [3.8, 4) is 0 Å². The topological polar surface area (TPSA) is 40.1 Å². The minimum Gasteiger partial charge on any atom is -0.550 e. The molecule has 4 heteroatoms. The molecule has 0 aromatic heterocycles. The quantitative estimate of drug-likeness (QED) is 0.317. The van der Waals surface area contributed by atoms with Crippen molar-refractivity contribution < 1.29 is 56.5 Å². The predicted molar refractivity (Wildman–Crippen MR) is 10.7 cm³/mol. The van der Waals surface area contributed by atoms with E-state index in [-0.39, 0.29) is 46.6 Å². The van der Waals surface area contributed by atoms with E-state index in [4.69, 9.17) is 9.90 Å². The van der Waals surface area contributed by atoms with Crippen LogP contribution in [0.4, 0.5) is 0 Å². The molecule has 31 valence electrons. The fourth-order valence-corrected chi connectivity index (χ4v) is 0. The summed E-state index contributed by atoms with van der Waals surface area (Å²) < 4.78 is 0. The van der Waals surface area contributed by atoms with Crippen LogP contribution in [0.3, 0.4) is 0 Å². The van der Waals surface area contributed by atoms with Gasteiger partial charge in [0.1, 0.15) is 0 Å². The molecule has 0 fully saturated rings. The first-order chi connectivity index (χ1) is 1.73. The normalized spacial score (nSPS) is 4.17. The van der Waals surface area contributed by atoms with Gasteiger partial charge in [-0.2, -0.15) is 0 Å². The molecule has 2 nitrogen and oxygen atoms in total. The van der Waals surface area contributed by atoms with E-state index in [9.17, 15) is 0 Å². The zero-order valence-electron chi connectivity index (χ0n) is 3.69. The molecule has 0 atom stereocenters. The third kappa shape index (κ3) is 81.1. The number of aliphatic carboxylic acids is 1. The molecule has 1 radical (unpaired) electrons. The summed E-state index contributed by atoms with van der Waals surface area (Å²) in [4.78, 5) is 8.89. The monoisotopic (exact) mass is 137 g/mol. The Morgan fingerprint density at radius 2 is 1.67 bits per heavy atom. The molecule has 0 aliphatic heterocycles. The van der Waals surface area contributed by atoms with E-state index in [2.05, 4.69) is 0 Å². The molecule has 0 saturated carbocycles. The number of hydrogen-bond acceptors (Lipinski definition) is 2. The van der Waals surface area contributed by atoms with Gasteiger partial charge in [-0.25, -0.2) is 0 Å². The molecule has 0 spiro atoms. The number of rotatable bonds is 0. The molecule has 0 N–H and O–H groups in total. The average Bonchev–Trinajstić information content (AvgIpc) is 0.811. The minimum absolute atomic E-state index is 0. The van der Waals surface area contributed by atoms with Crippen LogP contribution in [0.5, 0.6) is 0 Å². The molecule has 0 heterocycles. The SMILES string of the molecule is CC(=O)[O-].[Mn].[Na+]. The Labute approximate surface area is 69.1 Å². The molecule has 0 bridgehead atoms. The van der Waals surface area contributed by atoms with Crippen molar-refractivity contribution in [3.63, 3.8) is 0 Å². The van der Waals surface area contributed by atoms with Crippen molar-refractivity contribution in [2.45, 2.75) is 6.92 Å².